The van der Waals surface area contributed by atoms with Gasteiger partial charge in [-0.15, -0.1) is 12.4 Å². The van der Waals surface area contributed by atoms with Crippen LogP contribution in [0.25, 0.3) is 0 Å². The molecule has 1 N–H and O–H groups in total. The summed E-state index contributed by atoms with van der Waals surface area (Å²) in [4.78, 5) is 10.9. The van der Waals surface area contributed by atoms with Crippen molar-refractivity contribution in [2.24, 2.45) is 5.92 Å². The van der Waals surface area contributed by atoms with Crippen molar-refractivity contribution in [2.45, 2.75) is 19.9 Å². The molecule has 0 aliphatic heterocycles. The summed E-state index contributed by atoms with van der Waals surface area (Å²) in [6, 6.07) is -0.176. The lowest BCUT2D eigenvalue weighted by Crippen LogP contribution is -2.39. The van der Waals surface area contributed by atoms with Crippen LogP contribution in [0.4, 0.5) is 0 Å². The fourth-order valence-electron chi connectivity index (χ4n) is 0.850. The number of ether oxygens (including phenoxy) is 1. The first kappa shape index (κ1) is 13.3. The minimum absolute atomic E-state index is 0. The highest BCUT2D eigenvalue weighted by atomic mass is 35.5. The number of likely N-dealkylation sites (N-methyl/N-ethyl adjacent to an activating group) is 1. The maximum atomic E-state index is 10.9. The van der Waals surface area contributed by atoms with Gasteiger partial charge in [-0.05, 0) is 13.0 Å². The lowest BCUT2D eigenvalue weighted by atomic mass is 10.1. The van der Waals surface area contributed by atoms with Crippen molar-refractivity contribution in [3.63, 3.8) is 0 Å². The number of nitrogens with one attached hydrogen (secondary N) is 1. The summed E-state index contributed by atoms with van der Waals surface area (Å²) in [5, 5.41) is 2.88. The summed E-state index contributed by atoms with van der Waals surface area (Å²) in [5.74, 6) is 0.0787. The molecule has 4 heteroatoms. The molecule has 0 aromatic rings. The summed E-state index contributed by atoms with van der Waals surface area (Å²) in [6.07, 6.45) is 0. The van der Waals surface area contributed by atoms with E-state index in [0.29, 0.717) is 0 Å². The molecule has 0 aromatic heterocycles. The van der Waals surface area contributed by atoms with Gasteiger partial charge >= 0.3 is 5.97 Å². The van der Waals surface area contributed by atoms with Gasteiger partial charge in [0.15, 0.2) is 0 Å². The SMILES string of the molecule is CN[C@@H](C(=O)OC)C(C)C.Cl. The maximum absolute atomic E-state index is 10.9. The molecule has 0 saturated carbocycles. The van der Waals surface area contributed by atoms with E-state index in [1.165, 1.54) is 7.11 Å². The number of hydrogen-bond donors (Lipinski definition) is 1. The molecule has 0 unspecified atom stereocenters. The number of carbonyl (C=O) groups is 1. The Morgan fingerprint density at radius 3 is 2.00 bits per heavy atom. The van der Waals surface area contributed by atoms with Gasteiger partial charge < -0.3 is 10.1 Å². The average molecular weight is 182 g/mol. The molecular weight excluding hydrogens is 166 g/mol. The van der Waals surface area contributed by atoms with Crippen LogP contribution in [-0.4, -0.2) is 26.2 Å². The topological polar surface area (TPSA) is 38.3 Å². The first-order valence-corrected chi connectivity index (χ1v) is 3.38. The summed E-state index contributed by atoms with van der Waals surface area (Å²) >= 11 is 0. The van der Waals surface area contributed by atoms with Gasteiger partial charge in [0.25, 0.3) is 0 Å². The lowest BCUT2D eigenvalue weighted by Gasteiger charge is -2.16. The largest absolute Gasteiger partial charge is 0.468 e. The van der Waals surface area contributed by atoms with Gasteiger partial charge in [-0.1, -0.05) is 13.8 Å². The quantitative estimate of drug-likeness (QED) is 0.656. The van der Waals surface area contributed by atoms with Crippen molar-refractivity contribution < 1.29 is 9.53 Å². The summed E-state index contributed by atoms with van der Waals surface area (Å²) in [6.45, 7) is 3.94. The van der Waals surface area contributed by atoms with Gasteiger partial charge in [0.05, 0.1) is 7.11 Å². The monoisotopic (exact) mass is 181 g/mol. The van der Waals surface area contributed by atoms with Crippen LogP contribution in [0.3, 0.4) is 0 Å². The molecule has 68 valence electrons. The van der Waals surface area contributed by atoms with Crippen molar-refractivity contribution in [3.8, 4) is 0 Å². The van der Waals surface area contributed by atoms with Crippen LogP contribution in [0.1, 0.15) is 13.8 Å². The highest BCUT2D eigenvalue weighted by Crippen LogP contribution is 2.01. The van der Waals surface area contributed by atoms with Crippen LogP contribution in [0.5, 0.6) is 0 Å². The van der Waals surface area contributed by atoms with Gasteiger partial charge in [0.2, 0.25) is 0 Å². The molecule has 1 atom stereocenters. The molecular formula is C7H16ClNO2. The normalized spacial score (nSPS) is 12.1. The Hall–Kier alpha value is -0.280. The van der Waals surface area contributed by atoms with Crippen LogP contribution in [0, 0.1) is 5.92 Å². The van der Waals surface area contributed by atoms with Gasteiger partial charge in [-0.3, -0.25) is 4.79 Å². The minimum Gasteiger partial charge on any atom is -0.468 e. The van der Waals surface area contributed by atoms with Gasteiger partial charge in [0, 0.05) is 0 Å². The second kappa shape index (κ2) is 6.43. The van der Waals surface area contributed by atoms with E-state index < -0.39 is 0 Å². The third kappa shape index (κ3) is 4.22. The molecule has 0 heterocycles. The number of halogens is 1. The second-order valence-corrected chi connectivity index (χ2v) is 2.53. The molecule has 3 nitrogen and oxygen atoms in total. The Labute approximate surface area is 73.9 Å². The van der Waals surface area contributed by atoms with Crippen LogP contribution >= 0.6 is 12.4 Å². The molecule has 0 amide bonds. The molecule has 0 aliphatic carbocycles. The molecule has 0 rings (SSSR count). The maximum Gasteiger partial charge on any atom is 0.323 e. The van der Waals surface area contributed by atoms with Crippen LogP contribution in [-0.2, 0) is 9.53 Å². The van der Waals surface area contributed by atoms with Gasteiger partial charge in [0.1, 0.15) is 6.04 Å². The number of esters is 1. The molecule has 0 fully saturated rings. The van der Waals surface area contributed by atoms with Crippen molar-refractivity contribution >= 4 is 18.4 Å². The summed E-state index contributed by atoms with van der Waals surface area (Å²) in [7, 11) is 3.15. The Bertz CT molecular complexity index is 117. The number of carbonyl (C=O) groups excluding carboxylic acids is 1. The van der Waals surface area contributed by atoms with E-state index in [1.54, 1.807) is 7.05 Å². The predicted octanol–water partition coefficient (Wildman–Crippen LogP) is 0.825. The first-order valence-electron chi connectivity index (χ1n) is 3.38. The zero-order chi connectivity index (χ0) is 8.15. The lowest BCUT2D eigenvalue weighted by molar-refractivity contribution is -0.144. The summed E-state index contributed by atoms with van der Waals surface area (Å²) in [5.41, 5.74) is 0. The van der Waals surface area contributed by atoms with Crippen LogP contribution in [0.15, 0.2) is 0 Å². The van der Waals surface area contributed by atoms with Gasteiger partial charge in [-0.25, -0.2) is 0 Å². The molecule has 0 spiro atoms. The standard InChI is InChI=1S/C7H15NO2.ClH/c1-5(2)6(8-3)7(9)10-4;/h5-6,8H,1-4H3;1H/t6-;/m1./s1. The minimum atomic E-state index is -0.197. The van der Waals surface area contributed by atoms with Crippen molar-refractivity contribution in [1.29, 1.82) is 0 Å². The fourth-order valence-corrected chi connectivity index (χ4v) is 0.850. The van der Waals surface area contributed by atoms with Crippen molar-refractivity contribution in [1.82, 2.24) is 5.32 Å². The predicted molar refractivity (Wildman–Crippen MR) is 46.9 cm³/mol. The zero-order valence-electron chi connectivity index (χ0n) is 7.38. The molecule has 0 radical (unpaired) electrons. The second-order valence-electron chi connectivity index (χ2n) is 2.53. The summed E-state index contributed by atoms with van der Waals surface area (Å²) < 4.78 is 4.56. The zero-order valence-corrected chi connectivity index (χ0v) is 8.20. The number of methoxy groups -OCH3 is 1. The van der Waals surface area contributed by atoms with Crippen molar-refractivity contribution in [2.75, 3.05) is 14.2 Å². The van der Waals surface area contributed by atoms with E-state index in [4.69, 9.17) is 0 Å². The van der Waals surface area contributed by atoms with E-state index in [0.717, 1.165) is 0 Å². The van der Waals surface area contributed by atoms with E-state index in [2.05, 4.69) is 10.1 Å². The first-order chi connectivity index (χ1) is 4.63. The molecule has 0 aromatic carbocycles. The van der Waals surface area contributed by atoms with Crippen LogP contribution < -0.4 is 5.32 Å². The fraction of sp³-hybridized carbons (Fsp3) is 0.857. The molecule has 0 bridgehead atoms. The van der Waals surface area contributed by atoms with Gasteiger partial charge in [-0.2, -0.15) is 0 Å². The molecule has 0 aliphatic rings. The van der Waals surface area contributed by atoms with E-state index in [-0.39, 0.29) is 30.3 Å². The van der Waals surface area contributed by atoms with E-state index in [1.807, 2.05) is 13.8 Å². The van der Waals surface area contributed by atoms with Crippen molar-refractivity contribution in [3.05, 3.63) is 0 Å². The Morgan fingerprint density at radius 1 is 1.45 bits per heavy atom. The average Bonchev–Trinajstić information content (AvgIpc) is 1.88. The smallest absolute Gasteiger partial charge is 0.323 e. The Morgan fingerprint density at radius 2 is 1.91 bits per heavy atom. The number of hydrogen-bond acceptors (Lipinski definition) is 3. The Balaban J connectivity index is 0. The molecule has 0 saturated heterocycles. The van der Waals surface area contributed by atoms with E-state index >= 15 is 0 Å². The third-order valence-electron chi connectivity index (χ3n) is 1.43. The highest BCUT2D eigenvalue weighted by Gasteiger charge is 2.19. The molecule has 11 heavy (non-hydrogen) atoms. The Kier molecular flexibility index (Phi) is 7.79. The van der Waals surface area contributed by atoms with E-state index in [9.17, 15) is 4.79 Å². The van der Waals surface area contributed by atoms with Crippen LogP contribution in [0.2, 0.25) is 0 Å². The highest BCUT2D eigenvalue weighted by molar-refractivity contribution is 5.85. The third-order valence-corrected chi connectivity index (χ3v) is 1.43. The number of rotatable bonds is 3.